The molecule has 0 radical (unpaired) electrons. The van der Waals surface area contributed by atoms with Crippen molar-refractivity contribution in [2.75, 3.05) is 66.6 Å². The molecule has 2 heterocycles. The van der Waals surface area contributed by atoms with E-state index in [4.69, 9.17) is 9.47 Å². The van der Waals surface area contributed by atoms with E-state index in [0.29, 0.717) is 38.6 Å². The van der Waals surface area contributed by atoms with Gasteiger partial charge in [0.05, 0.1) is 30.8 Å². The van der Waals surface area contributed by atoms with Gasteiger partial charge in [0.25, 0.3) is 5.91 Å². The van der Waals surface area contributed by atoms with Crippen molar-refractivity contribution >= 4 is 15.9 Å². The average molecular weight is 412 g/mol. The first-order chi connectivity index (χ1) is 13.4. The van der Waals surface area contributed by atoms with Gasteiger partial charge in [-0.1, -0.05) is 0 Å². The lowest BCUT2D eigenvalue weighted by molar-refractivity contribution is 0.0730. The summed E-state index contributed by atoms with van der Waals surface area (Å²) in [7, 11) is -0.460. The van der Waals surface area contributed by atoms with E-state index in [0.717, 1.165) is 19.6 Å². The molecular weight excluding hydrogens is 382 g/mol. The Bertz CT molecular complexity index is 787. The predicted octanol–water partition coefficient (Wildman–Crippen LogP) is 0.884. The Morgan fingerprint density at radius 3 is 2.50 bits per heavy atom. The van der Waals surface area contributed by atoms with E-state index in [9.17, 15) is 13.2 Å². The van der Waals surface area contributed by atoms with E-state index in [2.05, 4.69) is 4.90 Å². The lowest BCUT2D eigenvalue weighted by atomic mass is 10.1. The van der Waals surface area contributed by atoms with Crippen molar-refractivity contribution < 1.29 is 22.7 Å². The Labute approximate surface area is 167 Å². The van der Waals surface area contributed by atoms with Gasteiger partial charge in [0.1, 0.15) is 5.75 Å². The summed E-state index contributed by atoms with van der Waals surface area (Å²) in [6, 6.07) is 4.47. The summed E-state index contributed by atoms with van der Waals surface area (Å²) in [6.07, 6.45) is 2.40. The van der Waals surface area contributed by atoms with Crippen LogP contribution in [0, 0.1) is 0 Å². The zero-order valence-corrected chi connectivity index (χ0v) is 17.4. The average Bonchev–Trinajstić information content (AvgIpc) is 3.25. The number of sulfonamides is 1. The molecule has 0 aliphatic carbocycles. The van der Waals surface area contributed by atoms with Crippen molar-refractivity contribution in [1.29, 1.82) is 0 Å². The fraction of sp³-hybridized carbons (Fsp3) is 0.632. The minimum atomic E-state index is -3.68. The third kappa shape index (κ3) is 4.65. The maximum Gasteiger partial charge on any atom is 0.257 e. The highest BCUT2D eigenvalue weighted by Crippen LogP contribution is 2.26. The van der Waals surface area contributed by atoms with Gasteiger partial charge in [-0.15, -0.1) is 0 Å². The molecule has 1 aromatic rings. The van der Waals surface area contributed by atoms with Gasteiger partial charge in [-0.3, -0.25) is 4.79 Å². The number of likely N-dealkylation sites (N-methyl/N-ethyl adjacent to an activating group) is 1. The molecule has 156 valence electrons. The first-order valence-electron chi connectivity index (χ1n) is 9.67. The second-order valence-electron chi connectivity index (χ2n) is 7.15. The number of hydrogen-bond acceptors (Lipinski definition) is 6. The van der Waals surface area contributed by atoms with Crippen LogP contribution < -0.4 is 4.74 Å². The number of methoxy groups -OCH3 is 1. The molecular formula is C19H29N3O5S. The number of rotatable bonds is 7. The summed E-state index contributed by atoms with van der Waals surface area (Å²) in [5, 5.41) is 0. The number of hydrogen-bond donors (Lipinski definition) is 0. The second-order valence-corrected chi connectivity index (χ2v) is 9.09. The van der Waals surface area contributed by atoms with Crippen molar-refractivity contribution in [3.05, 3.63) is 23.8 Å². The maximum absolute atomic E-state index is 13.0. The third-order valence-electron chi connectivity index (χ3n) is 5.31. The molecule has 0 atom stereocenters. The minimum Gasteiger partial charge on any atom is -0.496 e. The van der Waals surface area contributed by atoms with E-state index in [-0.39, 0.29) is 16.4 Å². The highest BCUT2D eigenvalue weighted by Gasteiger charge is 2.28. The minimum absolute atomic E-state index is 0.103. The van der Waals surface area contributed by atoms with Crippen LogP contribution in [0.1, 0.15) is 23.2 Å². The van der Waals surface area contributed by atoms with Crippen LogP contribution in [0.4, 0.5) is 0 Å². The van der Waals surface area contributed by atoms with Gasteiger partial charge >= 0.3 is 0 Å². The summed E-state index contributed by atoms with van der Waals surface area (Å²) < 4.78 is 37.8. The predicted molar refractivity (Wildman–Crippen MR) is 105 cm³/mol. The molecule has 2 aliphatic rings. The lowest BCUT2D eigenvalue weighted by Gasteiger charge is -2.26. The Morgan fingerprint density at radius 1 is 1.18 bits per heavy atom. The molecule has 0 bridgehead atoms. The van der Waals surface area contributed by atoms with Gasteiger partial charge in [-0.2, -0.15) is 4.31 Å². The molecule has 0 unspecified atom stereocenters. The van der Waals surface area contributed by atoms with E-state index in [1.54, 1.807) is 18.0 Å². The Balaban J connectivity index is 1.78. The Hall–Kier alpha value is -1.68. The van der Waals surface area contributed by atoms with Gasteiger partial charge in [0.15, 0.2) is 0 Å². The van der Waals surface area contributed by atoms with Crippen LogP contribution in [0.3, 0.4) is 0 Å². The zero-order valence-electron chi connectivity index (χ0n) is 16.6. The van der Waals surface area contributed by atoms with Crippen molar-refractivity contribution in [2.45, 2.75) is 17.7 Å². The summed E-state index contributed by atoms with van der Waals surface area (Å²) in [4.78, 5) is 17.0. The molecule has 9 heteroatoms. The normalized spacial score (nSPS) is 18.9. The van der Waals surface area contributed by atoms with Crippen LogP contribution in [0.5, 0.6) is 5.75 Å². The fourth-order valence-electron chi connectivity index (χ4n) is 3.56. The van der Waals surface area contributed by atoms with Gasteiger partial charge in [-0.25, -0.2) is 8.42 Å². The molecule has 28 heavy (non-hydrogen) atoms. The monoisotopic (exact) mass is 411 g/mol. The van der Waals surface area contributed by atoms with Gasteiger partial charge in [0, 0.05) is 33.2 Å². The maximum atomic E-state index is 13.0. The smallest absolute Gasteiger partial charge is 0.257 e. The van der Waals surface area contributed by atoms with Crippen LogP contribution in [0.15, 0.2) is 23.1 Å². The quantitative estimate of drug-likeness (QED) is 0.663. The topological polar surface area (TPSA) is 79.4 Å². The molecule has 2 aliphatic heterocycles. The summed E-state index contributed by atoms with van der Waals surface area (Å²) in [5.74, 6) is 0.133. The highest BCUT2D eigenvalue weighted by atomic mass is 32.2. The van der Waals surface area contributed by atoms with E-state index >= 15 is 0 Å². The van der Waals surface area contributed by atoms with E-state index < -0.39 is 10.0 Å². The largest absolute Gasteiger partial charge is 0.496 e. The third-order valence-corrected chi connectivity index (χ3v) is 7.20. The van der Waals surface area contributed by atoms with Crippen LogP contribution >= 0.6 is 0 Å². The Morgan fingerprint density at radius 2 is 1.86 bits per heavy atom. The van der Waals surface area contributed by atoms with Gasteiger partial charge in [-0.05, 0) is 44.1 Å². The molecule has 0 N–H and O–H groups in total. The first-order valence-corrected chi connectivity index (χ1v) is 11.1. The van der Waals surface area contributed by atoms with Crippen molar-refractivity contribution in [1.82, 2.24) is 14.1 Å². The number of amides is 1. The van der Waals surface area contributed by atoms with Crippen LogP contribution in [-0.4, -0.2) is 95.1 Å². The molecule has 0 spiro atoms. The fourth-order valence-corrected chi connectivity index (χ4v) is 4.99. The van der Waals surface area contributed by atoms with Gasteiger partial charge < -0.3 is 19.3 Å². The SMILES string of the molecule is COc1ccc(S(=O)(=O)N2CCOCC2)cc1C(=O)N(C)CCN1CCCC1. The molecule has 1 aromatic carbocycles. The lowest BCUT2D eigenvalue weighted by Crippen LogP contribution is -2.40. The van der Waals surface area contributed by atoms with Crippen molar-refractivity contribution in [2.24, 2.45) is 0 Å². The van der Waals surface area contributed by atoms with Crippen molar-refractivity contribution in [3.8, 4) is 5.75 Å². The molecule has 1 amide bonds. The standard InChI is InChI=1S/C19H29N3O5S/c1-20(9-10-21-7-3-4-8-21)19(23)17-15-16(5-6-18(17)26-2)28(24,25)22-11-13-27-14-12-22/h5-6,15H,3-4,7-14H2,1-2H3. The highest BCUT2D eigenvalue weighted by molar-refractivity contribution is 7.89. The van der Waals surface area contributed by atoms with Crippen molar-refractivity contribution in [3.63, 3.8) is 0 Å². The number of carbonyl (C=O) groups excluding carboxylic acids is 1. The number of morpholine rings is 1. The van der Waals surface area contributed by atoms with Crippen LogP contribution in [0.25, 0.3) is 0 Å². The number of ether oxygens (including phenoxy) is 2. The summed E-state index contributed by atoms with van der Waals surface area (Å²) >= 11 is 0. The molecule has 2 fully saturated rings. The number of likely N-dealkylation sites (tertiary alicyclic amines) is 1. The van der Waals surface area contributed by atoms with Gasteiger partial charge in [0.2, 0.25) is 10.0 Å². The second kappa shape index (κ2) is 9.21. The molecule has 3 rings (SSSR count). The zero-order chi connectivity index (χ0) is 20.1. The van der Waals surface area contributed by atoms with E-state index in [1.165, 1.54) is 36.4 Å². The molecule has 8 nitrogen and oxygen atoms in total. The van der Waals surface area contributed by atoms with Crippen LogP contribution in [-0.2, 0) is 14.8 Å². The molecule has 2 saturated heterocycles. The first kappa shape index (κ1) is 21.0. The Kier molecular flexibility index (Phi) is 6.92. The number of carbonyl (C=O) groups is 1. The summed E-state index contributed by atoms with van der Waals surface area (Å²) in [6.45, 7) is 4.91. The molecule has 0 saturated carbocycles. The van der Waals surface area contributed by atoms with Crippen LogP contribution in [0.2, 0.25) is 0 Å². The molecule has 0 aromatic heterocycles. The number of nitrogens with zero attached hydrogens (tertiary/aromatic N) is 3. The van der Waals surface area contributed by atoms with E-state index in [1.807, 2.05) is 0 Å². The number of benzene rings is 1. The summed E-state index contributed by atoms with van der Waals surface area (Å²) in [5.41, 5.74) is 0.265.